The fourth-order valence-electron chi connectivity index (χ4n) is 3.59. The summed E-state index contributed by atoms with van der Waals surface area (Å²) >= 11 is 0. The van der Waals surface area contributed by atoms with E-state index in [0.29, 0.717) is 37.6 Å². The first-order chi connectivity index (χ1) is 14.2. The van der Waals surface area contributed by atoms with Gasteiger partial charge in [-0.05, 0) is 78.2 Å². The zero-order valence-corrected chi connectivity index (χ0v) is 19.1. The van der Waals surface area contributed by atoms with Gasteiger partial charge in [-0.25, -0.2) is 14.6 Å². The first kappa shape index (κ1) is 24.0. The van der Waals surface area contributed by atoms with E-state index < -0.39 is 11.7 Å². The number of nitrogens with one attached hydrogen (secondary N) is 1. The normalized spacial score (nSPS) is 20.0. The smallest absolute Gasteiger partial charge is 0.407 e. The Balaban J connectivity index is 1.95. The molecule has 168 valence electrons. The summed E-state index contributed by atoms with van der Waals surface area (Å²) in [5.74, 6) is 0.463. The molecule has 2 rings (SSSR count). The van der Waals surface area contributed by atoms with E-state index in [-0.39, 0.29) is 5.97 Å². The largest absolute Gasteiger partial charge is 0.463 e. The summed E-state index contributed by atoms with van der Waals surface area (Å²) < 4.78 is 12.6. The summed E-state index contributed by atoms with van der Waals surface area (Å²) in [6, 6.07) is 0.486. The van der Waals surface area contributed by atoms with Gasteiger partial charge in [-0.3, -0.25) is 0 Å². The van der Waals surface area contributed by atoms with Crippen LogP contribution in [0.2, 0.25) is 0 Å². The first-order valence-electron chi connectivity index (χ1n) is 11.1. The Morgan fingerprint density at radius 2 is 1.97 bits per heavy atom. The maximum atomic E-state index is 12.4. The molecule has 1 fully saturated rings. The Morgan fingerprint density at radius 1 is 1.27 bits per heavy atom. The fourth-order valence-corrected chi connectivity index (χ4v) is 3.59. The minimum Gasteiger partial charge on any atom is -0.463 e. The average molecular weight is 420 g/mol. The van der Waals surface area contributed by atoms with E-state index in [1.165, 1.54) is 25.7 Å². The summed E-state index contributed by atoms with van der Waals surface area (Å²) in [6.45, 7) is 10.3. The van der Waals surface area contributed by atoms with Crippen molar-refractivity contribution in [2.45, 2.75) is 84.8 Å². The van der Waals surface area contributed by atoms with Gasteiger partial charge >= 0.3 is 12.1 Å². The fraction of sp³-hybridized carbons (Fsp3) is 0.696. The van der Waals surface area contributed by atoms with Gasteiger partial charge in [0.1, 0.15) is 5.60 Å². The number of aromatic nitrogens is 2. The molecule has 1 amide bonds. The van der Waals surface area contributed by atoms with Crippen LogP contribution in [0.15, 0.2) is 18.1 Å². The Labute approximate surface area is 180 Å². The van der Waals surface area contributed by atoms with Crippen LogP contribution in [0.3, 0.4) is 0 Å². The molecule has 0 bridgehead atoms. The summed E-state index contributed by atoms with van der Waals surface area (Å²) in [4.78, 5) is 28.6. The number of nitrogens with zero attached hydrogens (tertiary/aromatic N) is 2. The van der Waals surface area contributed by atoms with Crippen molar-refractivity contribution < 1.29 is 19.1 Å². The van der Waals surface area contributed by atoms with Crippen LogP contribution in [0.25, 0.3) is 6.08 Å². The Hall–Kier alpha value is -2.31. The summed E-state index contributed by atoms with van der Waals surface area (Å²) in [5.41, 5.74) is 0.789. The van der Waals surface area contributed by atoms with Crippen molar-refractivity contribution >= 4 is 18.1 Å². The molecular weight excluding hydrogens is 382 g/mol. The molecule has 0 aromatic carbocycles. The summed E-state index contributed by atoms with van der Waals surface area (Å²) in [5, 5.41) is 2.72. The van der Waals surface area contributed by atoms with Gasteiger partial charge in [-0.15, -0.1) is 0 Å². The molecule has 1 heterocycles. The van der Waals surface area contributed by atoms with E-state index in [2.05, 4.69) is 21.8 Å². The number of rotatable bonds is 8. The van der Waals surface area contributed by atoms with Gasteiger partial charge in [0, 0.05) is 24.4 Å². The van der Waals surface area contributed by atoms with Crippen LogP contribution >= 0.6 is 0 Å². The molecule has 0 aliphatic heterocycles. The second-order valence-corrected chi connectivity index (χ2v) is 9.08. The maximum Gasteiger partial charge on any atom is 0.407 e. The van der Waals surface area contributed by atoms with Gasteiger partial charge in [0.05, 0.1) is 18.6 Å². The molecular formula is C23H37N3O4. The number of carbonyl (C=O) groups excluding carboxylic acids is 2. The van der Waals surface area contributed by atoms with Crippen molar-refractivity contribution in [1.29, 1.82) is 0 Å². The number of hydrogen-bond donors (Lipinski definition) is 1. The molecule has 1 aromatic rings. The van der Waals surface area contributed by atoms with Crippen LogP contribution in [-0.2, 0) is 14.3 Å². The number of imidazole rings is 1. The third-order valence-electron chi connectivity index (χ3n) is 5.18. The second-order valence-electron chi connectivity index (χ2n) is 9.08. The lowest BCUT2D eigenvalue weighted by molar-refractivity contribution is -0.138. The highest BCUT2D eigenvalue weighted by molar-refractivity contribution is 5.93. The molecule has 1 aliphatic carbocycles. The molecule has 7 heteroatoms. The molecule has 0 radical (unpaired) electrons. The van der Waals surface area contributed by atoms with Crippen LogP contribution < -0.4 is 5.32 Å². The van der Waals surface area contributed by atoms with E-state index in [1.54, 1.807) is 13.0 Å². The minimum atomic E-state index is -0.532. The molecule has 30 heavy (non-hydrogen) atoms. The predicted molar refractivity (Wildman–Crippen MR) is 117 cm³/mol. The van der Waals surface area contributed by atoms with E-state index in [0.717, 1.165) is 11.6 Å². The predicted octanol–water partition coefficient (Wildman–Crippen LogP) is 4.89. The van der Waals surface area contributed by atoms with Crippen molar-refractivity contribution in [3.8, 4) is 0 Å². The molecule has 0 spiro atoms. The number of hydrogen-bond acceptors (Lipinski definition) is 5. The summed E-state index contributed by atoms with van der Waals surface area (Å²) in [7, 11) is 0. The number of amides is 1. The quantitative estimate of drug-likeness (QED) is 0.369. The molecule has 0 unspecified atom stereocenters. The standard InChI is InChI=1S/C23H37N3O4/c1-6-29-21(27)18(8-7-13-24-22(28)30-23(3,4)5)14-19-15-26(16-25-19)20-11-9-17(2)10-12-20/h14-17,20H,6-13H2,1-5H3,(H,24,28)/b18-14+. The highest BCUT2D eigenvalue weighted by atomic mass is 16.6. The molecule has 7 nitrogen and oxygen atoms in total. The van der Waals surface area contributed by atoms with Gasteiger partial charge in [0.25, 0.3) is 0 Å². The van der Waals surface area contributed by atoms with E-state index in [4.69, 9.17) is 9.47 Å². The van der Waals surface area contributed by atoms with Crippen molar-refractivity contribution in [1.82, 2.24) is 14.9 Å². The van der Waals surface area contributed by atoms with Crippen LogP contribution in [0.4, 0.5) is 4.79 Å². The molecule has 1 N–H and O–H groups in total. The SMILES string of the molecule is CCOC(=O)/C(=C/c1cn(C2CCC(C)CC2)cn1)CCCNC(=O)OC(C)(C)C. The lowest BCUT2D eigenvalue weighted by Gasteiger charge is -2.26. The molecule has 0 atom stereocenters. The Bertz CT molecular complexity index is 725. The van der Waals surface area contributed by atoms with Crippen molar-refractivity contribution in [2.24, 2.45) is 5.92 Å². The molecule has 1 saturated carbocycles. The highest BCUT2D eigenvalue weighted by Gasteiger charge is 2.20. The zero-order chi connectivity index (χ0) is 22.1. The van der Waals surface area contributed by atoms with Gasteiger partial charge < -0.3 is 19.4 Å². The van der Waals surface area contributed by atoms with E-state index >= 15 is 0 Å². The summed E-state index contributed by atoms with van der Waals surface area (Å²) in [6.07, 6.45) is 11.1. The van der Waals surface area contributed by atoms with Crippen molar-refractivity contribution in [3.63, 3.8) is 0 Å². The van der Waals surface area contributed by atoms with E-state index in [9.17, 15) is 9.59 Å². The Morgan fingerprint density at radius 3 is 2.60 bits per heavy atom. The number of ether oxygens (including phenoxy) is 2. The van der Waals surface area contributed by atoms with Crippen molar-refractivity contribution in [2.75, 3.05) is 13.2 Å². The highest BCUT2D eigenvalue weighted by Crippen LogP contribution is 2.31. The molecule has 1 aliphatic rings. The molecule has 0 saturated heterocycles. The van der Waals surface area contributed by atoms with Gasteiger partial charge in [0.2, 0.25) is 0 Å². The van der Waals surface area contributed by atoms with Gasteiger partial charge in [0.15, 0.2) is 0 Å². The Kier molecular flexibility index (Phi) is 8.93. The maximum absolute atomic E-state index is 12.4. The minimum absolute atomic E-state index is 0.320. The second kappa shape index (κ2) is 11.2. The third-order valence-corrected chi connectivity index (χ3v) is 5.18. The van der Waals surface area contributed by atoms with Crippen LogP contribution in [0.5, 0.6) is 0 Å². The average Bonchev–Trinajstić information content (AvgIpc) is 3.12. The zero-order valence-electron chi connectivity index (χ0n) is 19.1. The third kappa shape index (κ3) is 8.20. The first-order valence-corrected chi connectivity index (χ1v) is 11.1. The van der Waals surface area contributed by atoms with Gasteiger partial charge in [-0.2, -0.15) is 0 Å². The van der Waals surface area contributed by atoms with Gasteiger partial charge in [-0.1, -0.05) is 6.92 Å². The molecule has 1 aromatic heterocycles. The lowest BCUT2D eigenvalue weighted by Crippen LogP contribution is -2.33. The monoisotopic (exact) mass is 419 g/mol. The topological polar surface area (TPSA) is 82.5 Å². The number of alkyl carbamates (subject to hydrolysis) is 1. The van der Waals surface area contributed by atoms with Crippen LogP contribution in [0, 0.1) is 5.92 Å². The van der Waals surface area contributed by atoms with Crippen molar-refractivity contribution in [3.05, 3.63) is 23.8 Å². The number of esters is 1. The van der Waals surface area contributed by atoms with Crippen LogP contribution in [0.1, 0.15) is 84.9 Å². The lowest BCUT2D eigenvalue weighted by atomic mass is 9.87. The number of carbonyl (C=O) groups is 2. The van der Waals surface area contributed by atoms with E-state index in [1.807, 2.05) is 33.3 Å². The van der Waals surface area contributed by atoms with Crippen LogP contribution in [-0.4, -0.2) is 40.4 Å².